The molecule has 0 spiro atoms. The molecule has 112 valence electrons. The van der Waals surface area contributed by atoms with E-state index < -0.39 is 10.0 Å². The first-order valence-corrected chi connectivity index (χ1v) is 8.42. The molecule has 21 heavy (non-hydrogen) atoms. The summed E-state index contributed by atoms with van der Waals surface area (Å²) in [6, 6.07) is 9.70. The maximum atomic E-state index is 13.4. The van der Waals surface area contributed by atoms with Crippen LogP contribution in [0.15, 0.2) is 45.8 Å². The van der Waals surface area contributed by atoms with Gasteiger partial charge in [0.2, 0.25) is 10.0 Å². The van der Waals surface area contributed by atoms with Gasteiger partial charge < -0.3 is 5.32 Å². The van der Waals surface area contributed by atoms with Crippen LogP contribution < -0.4 is 10.5 Å². The fourth-order valence-corrected chi connectivity index (χ4v) is 2.92. The predicted molar refractivity (Wildman–Crippen MR) is 84.0 cm³/mol. The van der Waals surface area contributed by atoms with Crippen LogP contribution in [-0.2, 0) is 16.6 Å². The lowest BCUT2D eigenvalue weighted by atomic mass is 10.2. The third kappa shape index (κ3) is 4.03. The lowest BCUT2D eigenvalue weighted by Gasteiger charge is -2.10. The average molecular weight is 373 g/mol. The van der Waals surface area contributed by atoms with Crippen molar-refractivity contribution in [2.24, 2.45) is 5.14 Å². The van der Waals surface area contributed by atoms with Crippen molar-refractivity contribution in [2.45, 2.75) is 18.4 Å². The van der Waals surface area contributed by atoms with E-state index in [-0.39, 0.29) is 10.7 Å². The molecule has 0 amide bonds. The number of aryl methyl sites for hydroxylation is 1. The Morgan fingerprint density at radius 3 is 2.57 bits per heavy atom. The summed E-state index contributed by atoms with van der Waals surface area (Å²) in [6.45, 7) is 2.05. The molecule has 4 nitrogen and oxygen atoms in total. The van der Waals surface area contributed by atoms with Gasteiger partial charge in [-0.2, -0.15) is 0 Å². The summed E-state index contributed by atoms with van der Waals surface area (Å²) in [5.41, 5.74) is 1.93. The molecule has 0 bridgehead atoms. The first kappa shape index (κ1) is 15.9. The van der Waals surface area contributed by atoms with Gasteiger partial charge in [0.25, 0.3) is 0 Å². The first-order chi connectivity index (χ1) is 9.77. The zero-order valence-electron chi connectivity index (χ0n) is 11.2. The van der Waals surface area contributed by atoms with Crippen molar-refractivity contribution in [1.29, 1.82) is 0 Å². The number of benzene rings is 2. The molecule has 0 saturated heterocycles. The van der Waals surface area contributed by atoms with E-state index >= 15 is 0 Å². The molecular weight excluding hydrogens is 359 g/mol. The minimum atomic E-state index is -3.76. The third-order valence-corrected chi connectivity index (χ3v) is 4.67. The summed E-state index contributed by atoms with van der Waals surface area (Å²) >= 11 is 3.09. The van der Waals surface area contributed by atoms with Gasteiger partial charge >= 0.3 is 0 Å². The molecule has 2 aromatic carbocycles. The summed E-state index contributed by atoms with van der Waals surface area (Å²) in [5.74, 6) is -0.344. The SMILES string of the molecule is Cc1ccc(NCc2ccc(Br)c(F)c2)cc1S(N)(=O)=O. The molecule has 2 rings (SSSR count). The number of nitrogens with two attached hydrogens (primary N) is 1. The van der Waals surface area contributed by atoms with Crippen molar-refractivity contribution < 1.29 is 12.8 Å². The second kappa shape index (κ2) is 6.13. The summed E-state index contributed by atoms with van der Waals surface area (Å²) < 4.78 is 36.7. The number of rotatable bonds is 4. The molecule has 0 saturated carbocycles. The predicted octanol–water partition coefficient (Wildman–Crippen LogP) is 3.16. The van der Waals surface area contributed by atoms with Crippen LogP contribution in [0.25, 0.3) is 0 Å². The maximum Gasteiger partial charge on any atom is 0.238 e. The van der Waals surface area contributed by atoms with E-state index in [9.17, 15) is 12.8 Å². The van der Waals surface area contributed by atoms with E-state index in [4.69, 9.17) is 5.14 Å². The molecule has 7 heteroatoms. The molecule has 0 aliphatic carbocycles. The third-order valence-electron chi connectivity index (χ3n) is 2.98. The molecule has 0 unspecified atom stereocenters. The van der Waals surface area contributed by atoms with Gasteiger partial charge in [0.1, 0.15) is 5.82 Å². The van der Waals surface area contributed by atoms with Crippen LogP contribution in [0.2, 0.25) is 0 Å². The largest absolute Gasteiger partial charge is 0.381 e. The summed E-state index contributed by atoms with van der Waals surface area (Å²) in [5, 5.41) is 8.21. The van der Waals surface area contributed by atoms with Crippen molar-refractivity contribution in [1.82, 2.24) is 0 Å². The van der Waals surface area contributed by atoms with Crippen molar-refractivity contribution in [2.75, 3.05) is 5.32 Å². The quantitative estimate of drug-likeness (QED) is 0.865. The molecule has 0 aromatic heterocycles. The number of anilines is 1. The molecule has 0 aliphatic heterocycles. The highest BCUT2D eigenvalue weighted by atomic mass is 79.9. The molecule has 3 N–H and O–H groups in total. The van der Waals surface area contributed by atoms with E-state index in [0.29, 0.717) is 22.3 Å². The van der Waals surface area contributed by atoms with Gasteiger partial charge in [0.15, 0.2) is 0 Å². The van der Waals surface area contributed by atoms with Gasteiger partial charge in [-0.25, -0.2) is 17.9 Å². The normalized spacial score (nSPS) is 11.4. The van der Waals surface area contributed by atoms with Gasteiger partial charge in [-0.3, -0.25) is 0 Å². The van der Waals surface area contributed by atoms with E-state index in [1.807, 2.05) is 0 Å². The Hall–Kier alpha value is -1.44. The minimum absolute atomic E-state index is 0.0782. The molecule has 2 aromatic rings. The Bertz CT molecular complexity index is 779. The highest BCUT2D eigenvalue weighted by molar-refractivity contribution is 9.10. The number of halogens is 2. The van der Waals surface area contributed by atoms with E-state index in [1.165, 1.54) is 12.1 Å². The lowest BCUT2D eigenvalue weighted by molar-refractivity contribution is 0.597. The van der Waals surface area contributed by atoms with Gasteiger partial charge in [0, 0.05) is 12.2 Å². The number of hydrogen-bond donors (Lipinski definition) is 2. The molecule has 0 radical (unpaired) electrons. The Labute approximate surface area is 131 Å². The Balaban J connectivity index is 2.19. The van der Waals surface area contributed by atoms with Gasteiger partial charge in [-0.1, -0.05) is 12.1 Å². The summed E-state index contributed by atoms with van der Waals surface area (Å²) in [7, 11) is -3.76. The van der Waals surface area contributed by atoms with Gasteiger partial charge in [0.05, 0.1) is 9.37 Å². The van der Waals surface area contributed by atoms with Crippen LogP contribution in [0, 0.1) is 12.7 Å². The standard InChI is InChI=1S/C14H14BrFN2O2S/c1-9-2-4-11(7-14(9)21(17,19)20)18-8-10-3-5-12(15)13(16)6-10/h2-7,18H,8H2,1H3,(H2,17,19,20). The van der Waals surface area contributed by atoms with Crippen molar-refractivity contribution in [3.05, 3.63) is 57.8 Å². The Morgan fingerprint density at radius 1 is 1.24 bits per heavy atom. The van der Waals surface area contributed by atoms with Crippen molar-refractivity contribution in [3.8, 4) is 0 Å². The molecule has 0 heterocycles. The molecular formula is C14H14BrFN2O2S. The second-order valence-electron chi connectivity index (χ2n) is 4.63. The van der Waals surface area contributed by atoms with Crippen LogP contribution in [0.1, 0.15) is 11.1 Å². The summed E-state index contributed by atoms with van der Waals surface area (Å²) in [6.07, 6.45) is 0. The zero-order chi connectivity index (χ0) is 15.6. The molecule has 0 aliphatic rings. The monoisotopic (exact) mass is 372 g/mol. The van der Waals surface area contributed by atoms with Gasteiger partial charge in [-0.05, 0) is 58.2 Å². The minimum Gasteiger partial charge on any atom is -0.381 e. The van der Waals surface area contributed by atoms with Crippen LogP contribution in [0.3, 0.4) is 0 Å². The van der Waals surface area contributed by atoms with E-state index in [0.717, 1.165) is 5.56 Å². The zero-order valence-corrected chi connectivity index (χ0v) is 13.6. The Kier molecular flexibility index (Phi) is 4.65. The van der Waals surface area contributed by atoms with Crippen LogP contribution in [0.4, 0.5) is 10.1 Å². The number of primary sulfonamides is 1. The average Bonchev–Trinajstić information content (AvgIpc) is 2.40. The van der Waals surface area contributed by atoms with Crippen molar-refractivity contribution in [3.63, 3.8) is 0 Å². The molecule has 0 fully saturated rings. The van der Waals surface area contributed by atoms with Crippen LogP contribution in [-0.4, -0.2) is 8.42 Å². The second-order valence-corrected chi connectivity index (χ2v) is 7.01. The highest BCUT2D eigenvalue weighted by Gasteiger charge is 2.12. The van der Waals surface area contributed by atoms with Crippen molar-refractivity contribution >= 4 is 31.6 Å². The topological polar surface area (TPSA) is 72.2 Å². The first-order valence-electron chi connectivity index (χ1n) is 6.08. The number of sulfonamides is 1. The highest BCUT2D eigenvalue weighted by Crippen LogP contribution is 2.21. The van der Waals surface area contributed by atoms with Crippen LogP contribution >= 0.6 is 15.9 Å². The van der Waals surface area contributed by atoms with E-state index in [2.05, 4.69) is 21.2 Å². The summed E-state index contributed by atoms with van der Waals surface area (Å²) in [4.78, 5) is 0.0782. The van der Waals surface area contributed by atoms with E-state index in [1.54, 1.807) is 31.2 Å². The van der Waals surface area contributed by atoms with Gasteiger partial charge in [-0.15, -0.1) is 0 Å². The van der Waals surface area contributed by atoms with Crippen LogP contribution in [0.5, 0.6) is 0 Å². The smallest absolute Gasteiger partial charge is 0.238 e. The maximum absolute atomic E-state index is 13.4. The number of hydrogen-bond acceptors (Lipinski definition) is 3. The number of nitrogens with one attached hydrogen (secondary N) is 1. The molecule has 0 atom stereocenters. The lowest BCUT2D eigenvalue weighted by Crippen LogP contribution is -2.14. The Morgan fingerprint density at radius 2 is 1.95 bits per heavy atom. The fraction of sp³-hybridized carbons (Fsp3) is 0.143. The fourth-order valence-electron chi connectivity index (χ4n) is 1.87.